The average molecular weight is 1470 g/mol. The maximum Gasteiger partial charge on any atom is 0.418 e. The Kier molecular flexibility index (Phi) is 17.1. The summed E-state index contributed by atoms with van der Waals surface area (Å²) < 4.78 is 385. The van der Waals surface area contributed by atoms with E-state index in [2.05, 4.69) is 29.9 Å². The fourth-order valence-corrected chi connectivity index (χ4v) is 12.8. The van der Waals surface area contributed by atoms with Gasteiger partial charge in [-0.3, -0.25) is 9.13 Å². The number of fused-ring (bicyclic) bond motifs is 8. The van der Waals surface area contributed by atoms with Crippen molar-refractivity contribution in [2.24, 2.45) is 0 Å². The number of hydrogen-bond donors (Lipinski definition) is 4. The number of H-pyrrole nitrogens is 4. The van der Waals surface area contributed by atoms with Crippen LogP contribution < -0.4 is 0 Å². The number of rotatable bonds is 8. The maximum atomic E-state index is 16.1. The van der Waals surface area contributed by atoms with Crippen LogP contribution >= 0.6 is 0 Å². The Bertz CT molecular complexity index is 5310. The van der Waals surface area contributed by atoms with E-state index >= 15 is 105 Å². The van der Waals surface area contributed by atoms with Gasteiger partial charge in [0.1, 0.15) is 45.2 Å². The van der Waals surface area contributed by atoms with Gasteiger partial charge in [-0.05, 0) is 106 Å². The van der Waals surface area contributed by atoms with Crippen LogP contribution in [0, 0.1) is 0 Å². The molecule has 0 atom stereocenters. The molecule has 0 aliphatic carbocycles. The van der Waals surface area contributed by atoms with Gasteiger partial charge in [0.25, 0.3) is 0 Å². The minimum atomic E-state index is -5.70. The second kappa shape index (κ2) is 25.1. The Labute approximate surface area is 566 Å². The zero-order valence-corrected chi connectivity index (χ0v) is 51.5. The van der Waals surface area contributed by atoms with Gasteiger partial charge in [0, 0.05) is 33.4 Å². The van der Waals surface area contributed by atoms with Crippen molar-refractivity contribution in [2.45, 2.75) is 49.4 Å². The molecule has 534 valence electrons. The molecule has 5 aromatic heterocycles. The first-order valence-corrected chi connectivity index (χ1v) is 30.1. The lowest BCUT2D eigenvalue weighted by Crippen LogP contribution is -2.11. The van der Waals surface area contributed by atoms with Gasteiger partial charge in [0.05, 0.1) is 55.9 Å². The Morgan fingerprint density at radius 1 is 0.212 bits per heavy atom. The van der Waals surface area contributed by atoms with Crippen LogP contribution in [0.2, 0.25) is 0 Å². The summed E-state index contributed by atoms with van der Waals surface area (Å²) in [6, 6.07) is 22.7. The lowest BCUT2D eigenvalue weighted by molar-refractivity contribution is -0.138. The molecule has 5 heterocycles. The van der Waals surface area contributed by atoms with Crippen LogP contribution in [0.4, 0.5) is 105 Å². The third-order valence-corrected chi connectivity index (χ3v) is 16.8. The summed E-state index contributed by atoms with van der Waals surface area (Å²) in [6.07, 6.45) is -45.1. The molecule has 13 aromatic rings. The van der Waals surface area contributed by atoms with Gasteiger partial charge in [-0.1, -0.05) is 133 Å². The zero-order valence-electron chi connectivity index (χ0n) is 51.5. The largest absolute Gasteiger partial charge is 0.418 e. The average Bonchev–Trinajstić information content (AvgIpc) is 1.56. The van der Waals surface area contributed by atoms with E-state index in [-0.39, 0.29) is 9.13 Å². The number of nitrogens with one attached hydrogen (secondary N) is 4. The molecule has 0 aliphatic heterocycles. The Hall–Kier alpha value is -11.6. The van der Waals surface area contributed by atoms with Crippen molar-refractivity contribution >= 4 is 45.2 Å². The van der Waals surface area contributed by atoms with Crippen molar-refractivity contribution in [3.8, 4) is 78.1 Å². The molecule has 0 spiro atoms. The molecule has 0 unspecified atom stereocenters. The van der Waals surface area contributed by atoms with Gasteiger partial charge < -0.3 is 19.9 Å². The highest BCUT2D eigenvalue weighted by molar-refractivity contribution is 6.09. The number of hydrogen-bond acceptors (Lipinski definition) is 2. The summed E-state index contributed by atoms with van der Waals surface area (Å²) in [6.45, 7) is 0. The molecule has 8 aromatic carbocycles. The standard InChI is InChI=1S/C72H38F24N8/c73-65(74,75)41-23-7-1-17-35(41)53-54(36-18-2-8-24-42(36)66(76,77)78)60-100-59(53)101-63-57(39-21-5-11-27-45(39)69(85,86)87)55(37-19-3-9-25-43(37)67(79,80)81)61(103(63)49-31-15-13-29-47(49)71(91,92)93)98-51-33-34-52(97-51)99-62-56(38-20-4-10-26-44(38)68(82,83)84)58(40-22-6-12-28-46(40)70(88,89)90)64(102-60)104(62)50-32-16-14-30-48(50)72(94,95)96/h1-34,100-102H,(H,97,98,99). The monoisotopic (exact) mass is 1470 g/mol. The zero-order chi connectivity index (χ0) is 74.8. The number of benzene rings is 8. The first-order valence-electron chi connectivity index (χ1n) is 30.1. The maximum absolute atomic E-state index is 16.1. The fraction of sp³-hybridized carbons (Fsp3) is 0.111. The topological polar surface area (TPSA) is 98.8 Å². The number of aromatic amines is 4. The van der Waals surface area contributed by atoms with Crippen molar-refractivity contribution in [3.05, 3.63) is 251 Å². The first kappa shape index (κ1) is 70.8. The van der Waals surface area contributed by atoms with Crippen molar-refractivity contribution in [2.75, 3.05) is 0 Å². The second-order valence-corrected chi connectivity index (χ2v) is 23.1. The summed E-state index contributed by atoms with van der Waals surface area (Å²) in [7, 11) is 0. The summed E-state index contributed by atoms with van der Waals surface area (Å²) >= 11 is 0. The van der Waals surface area contributed by atoms with E-state index in [1.807, 2.05) is 0 Å². The van der Waals surface area contributed by atoms with Gasteiger partial charge in [0.15, 0.2) is 0 Å². The van der Waals surface area contributed by atoms with Crippen molar-refractivity contribution in [1.82, 2.24) is 39.0 Å². The molecule has 0 fully saturated rings. The van der Waals surface area contributed by atoms with E-state index in [1.165, 1.54) is 0 Å². The smallest absolute Gasteiger partial charge is 0.327 e. The third kappa shape index (κ3) is 12.8. The van der Waals surface area contributed by atoms with Crippen LogP contribution in [0.25, 0.3) is 123 Å². The number of aromatic nitrogens is 8. The molecular formula is C72H38F24N8. The first-order chi connectivity index (χ1) is 48.7. The quantitative estimate of drug-likeness (QED) is 0.114. The summed E-state index contributed by atoms with van der Waals surface area (Å²) in [5, 5.41) is 0. The lowest BCUT2D eigenvalue weighted by atomic mass is 9.91. The van der Waals surface area contributed by atoms with Gasteiger partial charge in [-0.15, -0.1) is 0 Å². The SMILES string of the molecule is FC(F)(F)c1ccccc1-c1c(-c2ccccc2C(F)(F)F)c2[nH]c1[nH]c1c(-c3ccccc3C(F)(F)F)c(-c3ccccc3C(F)(F)F)c(nc3ccc(nc4c(-c5ccccc5C(F)(F)F)c(-c5ccccc5C(F)(F)F)c([nH]2)n4-c2ccccc2C(F)(F)F)[nH]3)n1-c1ccccc1C(F)(F)F. The third-order valence-electron chi connectivity index (χ3n) is 16.8. The molecule has 0 aliphatic rings. The highest BCUT2D eigenvalue weighted by atomic mass is 19.4. The van der Waals surface area contributed by atoms with E-state index in [0.29, 0.717) is 97.1 Å². The summed E-state index contributed by atoms with van der Waals surface area (Å²) in [5.41, 5.74) is -41.8. The van der Waals surface area contributed by atoms with Crippen molar-refractivity contribution < 1.29 is 105 Å². The molecule has 0 saturated heterocycles. The molecule has 13 rings (SSSR count). The molecule has 0 radical (unpaired) electrons. The number of para-hydroxylation sites is 2. The van der Waals surface area contributed by atoms with Crippen LogP contribution in [-0.4, -0.2) is 39.0 Å². The summed E-state index contributed by atoms with van der Waals surface area (Å²) in [5.74, 6) is 0. The summed E-state index contributed by atoms with van der Waals surface area (Å²) in [4.78, 5) is 19.0. The minimum absolute atomic E-state index is 0.289. The van der Waals surface area contributed by atoms with Gasteiger partial charge >= 0.3 is 49.4 Å². The molecular weight excluding hydrogens is 1430 g/mol. The second-order valence-electron chi connectivity index (χ2n) is 23.1. The molecule has 0 saturated carbocycles. The minimum Gasteiger partial charge on any atom is -0.327 e. The van der Waals surface area contributed by atoms with E-state index in [9.17, 15) is 0 Å². The molecule has 104 heavy (non-hydrogen) atoms. The Morgan fingerprint density at radius 3 is 0.673 bits per heavy atom. The molecule has 0 amide bonds. The molecule has 4 N–H and O–H groups in total. The molecule has 8 bridgehead atoms. The fourth-order valence-electron chi connectivity index (χ4n) is 12.8. The predicted molar refractivity (Wildman–Crippen MR) is 336 cm³/mol. The Balaban J connectivity index is 1.49. The highest BCUT2D eigenvalue weighted by Crippen LogP contribution is 2.55. The number of nitrogens with zero attached hydrogens (tertiary/aromatic N) is 4. The highest BCUT2D eigenvalue weighted by Gasteiger charge is 2.45. The van der Waals surface area contributed by atoms with Gasteiger partial charge in [-0.25, -0.2) is 9.97 Å². The van der Waals surface area contributed by atoms with Crippen molar-refractivity contribution in [3.63, 3.8) is 0 Å². The molecule has 32 heteroatoms. The van der Waals surface area contributed by atoms with Gasteiger partial charge in [-0.2, -0.15) is 105 Å². The van der Waals surface area contributed by atoms with E-state index in [1.54, 1.807) is 0 Å². The van der Waals surface area contributed by atoms with Crippen LogP contribution in [0.3, 0.4) is 0 Å². The van der Waals surface area contributed by atoms with E-state index in [0.717, 1.165) is 109 Å². The Morgan fingerprint density at radius 2 is 0.423 bits per heavy atom. The van der Waals surface area contributed by atoms with Crippen LogP contribution in [0.5, 0.6) is 0 Å². The van der Waals surface area contributed by atoms with Crippen LogP contribution in [-0.2, 0) is 49.4 Å². The molecule has 8 nitrogen and oxygen atoms in total. The number of halogens is 24. The van der Waals surface area contributed by atoms with E-state index in [4.69, 9.17) is 0 Å². The van der Waals surface area contributed by atoms with Crippen LogP contribution in [0.15, 0.2) is 206 Å². The van der Waals surface area contributed by atoms with Gasteiger partial charge in [0.2, 0.25) is 0 Å². The normalized spacial score (nSPS) is 13.0. The predicted octanol–water partition coefficient (Wildman–Crippen LogP) is 24.4. The lowest BCUT2D eigenvalue weighted by Gasteiger charge is -2.18. The number of alkyl halides is 24. The van der Waals surface area contributed by atoms with E-state index < -0.39 is 217 Å². The van der Waals surface area contributed by atoms with Crippen LogP contribution in [0.1, 0.15) is 44.5 Å². The van der Waals surface area contributed by atoms with Crippen molar-refractivity contribution in [1.29, 1.82) is 0 Å².